The second kappa shape index (κ2) is 6.08. The SMILES string of the molecule is CCC(C)C(C)(C(=O)[O-])C(=O)[O-].[Ba+2]. The smallest absolute Gasteiger partial charge is 0.549 e. The molecule has 0 bridgehead atoms. The van der Waals surface area contributed by atoms with E-state index in [1.807, 2.05) is 0 Å². The molecule has 0 N–H and O–H groups in total. The van der Waals surface area contributed by atoms with Gasteiger partial charge in [-0.2, -0.15) is 0 Å². The first-order valence-electron chi connectivity index (χ1n) is 3.80. The average molecular weight is 310 g/mol. The summed E-state index contributed by atoms with van der Waals surface area (Å²) < 4.78 is 0. The van der Waals surface area contributed by atoms with Crippen LogP contribution in [0.15, 0.2) is 0 Å². The average Bonchev–Trinajstić information content (AvgIpc) is 2.00. The topological polar surface area (TPSA) is 80.3 Å². The molecule has 0 aliphatic carbocycles. The Morgan fingerprint density at radius 1 is 1.31 bits per heavy atom. The van der Waals surface area contributed by atoms with Gasteiger partial charge in [-0.1, -0.05) is 20.3 Å². The van der Waals surface area contributed by atoms with E-state index in [9.17, 15) is 19.8 Å². The van der Waals surface area contributed by atoms with Gasteiger partial charge >= 0.3 is 48.9 Å². The molecule has 0 aliphatic rings. The summed E-state index contributed by atoms with van der Waals surface area (Å²) >= 11 is 0. The van der Waals surface area contributed by atoms with E-state index in [0.29, 0.717) is 6.42 Å². The van der Waals surface area contributed by atoms with E-state index in [0.717, 1.165) is 6.92 Å². The van der Waals surface area contributed by atoms with Crippen LogP contribution in [0.25, 0.3) is 0 Å². The Morgan fingerprint density at radius 3 is 1.69 bits per heavy atom. The van der Waals surface area contributed by atoms with Gasteiger partial charge in [-0.25, -0.2) is 0 Å². The van der Waals surface area contributed by atoms with Crippen molar-refractivity contribution in [1.82, 2.24) is 0 Å². The van der Waals surface area contributed by atoms with E-state index in [1.165, 1.54) is 0 Å². The largest absolute Gasteiger partial charge is 2.00 e. The van der Waals surface area contributed by atoms with Crippen molar-refractivity contribution in [1.29, 1.82) is 0 Å². The van der Waals surface area contributed by atoms with Crippen LogP contribution in [0.4, 0.5) is 0 Å². The first-order chi connectivity index (χ1) is 5.37. The fourth-order valence-electron chi connectivity index (χ4n) is 0.894. The molecule has 0 rings (SSSR count). The summed E-state index contributed by atoms with van der Waals surface area (Å²) in [6, 6.07) is 0. The first-order valence-corrected chi connectivity index (χ1v) is 3.80. The molecule has 1 atom stereocenters. The number of hydrogen-bond donors (Lipinski definition) is 0. The predicted octanol–water partition coefficient (Wildman–Crippen LogP) is -1.84. The summed E-state index contributed by atoms with van der Waals surface area (Å²) in [6.07, 6.45) is 0.457. The third kappa shape index (κ3) is 3.29. The van der Waals surface area contributed by atoms with Crippen molar-refractivity contribution in [3.63, 3.8) is 0 Å². The van der Waals surface area contributed by atoms with Crippen molar-refractivity contribution >= 4 is 60.8 Å². The molecule has 0 fully saturated rings. The fraction of sp³-hybridized carbons (Fsp3) is 0.750. The molecule has 0 heterocycles. The number of carboxylic acids is 2. The zero-order valence-electron chi connectivity index (χ0n) is 8.12. The number of rotatable bonds is 4. The van der Waals surface area contributed by atoms with Gasteiger partial charge in [0.05, 0.1) is 11.9 Å². The van der Waals surface area contributed by atoms with Crippen LogP contribution in [0, 0.1) is 11.3 Å². The van der Waals surface area contributed by atoms with Gasteiger partial charge < -0.3 is 19.8 Å². The van der Waals surface area contributed by atoms with Gasteiger partial charge in [0.1, 0.15) is 0 Å². The van der Waals surface area contributed by atoms with Crippen LogP contribution in [-0.2, 0) is 9.59 Å². The van der Waals surface area contributed by atoms with Gasteiger partial charge in [0.2, 0.25) is 0 Å². The summed E-state index contributed by atoms with van der Waals surface area (Å²) in [5.41, 5.74) is -1.88. The van der Waals surface area contributed by atoms with Crippen LogP contribution in [0.3, 0.4) is 0 Å². The van der Waals surface area contributed by atoms with Gasteiger partial charge in [0.25, 0.3) is 0 Å². The van der Waals surface area contributed by atoms with Crippen molar-refractivity contribution in [2.45, 2.75) is 27.2 Å². The van der Waals surface area contributed by atoms with Crippen LogP contribution in [0.1, 0.15) is 27.2 Å². The fourth-order valence-corrected chi connectivity index (χ4v) is 0.894. The summed E-state index contributed by atoms with van der Waals surface area (Å²) in [4.78, 5) is 21.1. The standard InChI is InChI=1S/C8H14O4.Ba/c1-4-5(2)8(3,6(9)10)7(11)12;/h5H,4H2,1-3H3,(H,9,10)(H,11,12);/q;+2/p-2. The van der Waals surface area contributed by atoms with E-state index >= 15 is 0 Å². The Labute approximate surface area is 118 Å². The van der Waals surface area contributed by atoms with E-state index < -0.39 is 23.3 Å². The van der Waals surface area contributed by atoms with Gasteiger partial charge in [0, 0.05) is 5.41 Å². The summed E-state index contributed by atoms with van der Waals surface area (Å²) in [5, 5.41) is 21.1. The van der Waals surface area contributed by atoms with Gasteiger partial charge in [-0.15, -0.1) is 0 Å². The quantitative estimate of drug-likeness (QED) is 0.451. The molecule has 0 aromatic carbocycles. The zero-order valence-corrected chi connectivity index (χ0v) is 12.6. The molecule has 70 valence electrons. The molecule has 0 aromatic rings. The Kier molecular flexibility index (Phi) is 7.47. The molecule has 0 saturated heterocycles. The van der Waals surface area contributed by atoms with Crippen LogP contribution >= 0.6 is 0 Å². The maximum absolute atomic E-state index is 10.5. The summed E-state index contributed by atoms with van der Waals surface area (Å²) in [6.45, 7) is 4.38. The van der Waals surface area contributed by atoms with E-state index in [2.05, 4.69) is 0 Å². The maximum atomic E-state index is 10.5. The van der Waals surface area contributed by atoms with Crippen LogP contribution < -0.4 is 10.2 Å². The van der Waals surface area contributed by atoms with Crippen LogP contribution in [0.5, 0.6) is 0 Å². The Hall–Kier alpha value is 0.511. The molecule has 5 heteroatoms. The molecule has 0 aromatic heterocycles. The third-order valence-corrected chi connectivity index (χ3v) is 2.45. The first kappa shape index (κ1) is 16.0. The van der Waals surface area contributed by atoms with E-state index in [-0.39, 0.29) is 48.9 Å². The third-order valence-electron chi connectivity index (χ3n) is 2.45. The van der Waals surface area contributed by atoms with E-state index in [4.69, 9.17) is 0 Å². The molecule has 0 spiro atoms. The summed E-state index contributed by atoms with van der Waals surface area (Å²) in [7, 11) is 0. The molecule has 13 heavy (non-hydrogen) atoms. The minimum Gasteiger partial charge on any atom is -0.549 e. The predicted molar refractivity (Wildman–Crippen MR) is 43.3 cm³/mol. The zero-order chi connectivity index (χ0) is 9.94. The van der Waals surface area contributed by atoms with Crippen molar-refractivity contribution in [2.24, 2.45) is 11.3 Å². The maximum Gasteiger partial charge on any atom is 2.00 e. The second-order valence-electron chi connectivity index (χ2n) is 3.09. The number of carboxylic acid groups (broad SMARTS) is 2. The molecule has 0 radical (unpaired) electrons. The van der Waals surface area contributed by atoms with E-state index in [1.54, 1.807) is 13.8 Å². The number of hydrogen-bond acceptors (Lipinski definition) is 4. The van der Waals surface area contributed by atoms with Crippen molar-refractivity contribution in [2.75, 3.05) is 0 Å². The van der Waals surface area contributed by atoms with Crippen molar-refractivity contribution in [3.05, 3.63) is 0 Å². The van der Waals surface area contributed by atoms with Crippen LogP contribution in [0.2, 0.25) is 0 Å². The number of carbonyl (C=O) groups excluding carboxylic acids is 2. The minimum absolute atomic E-state index is 0. The van der Waals surface area contributed by atoms with Crippen LogP contribution in [-0.4, -0.2) is 60.8 Å². The number of aliphatic carboxylic acids is 2. The monoisotopic (exact) mass is 310 g/mol. The molecule has 4 nitrogen and oxygen atoms in total. The minimum atomic E-state index is -1.88. The Morgan fingerprint density at radius 2 is 1.62 bits per heavy atom. The second-order valence-corrected chi connectivity index (χ2v) is 3.09. The number of carbonyl (C=O) groups is 2. The normalized spacial score (nSPS) is 12.8. The molecular formula is C8H12BaO4. The molecule has 0 saturated carbocycles. The van der Waals surface area contributed by atoms with Crippen molar-refractivity contribution < 1.29 is 19.8 Å². The Balaban J connectivity index is 0. The van der Waals surface area contributed by atoms with Gasteiger partial charge in [-0.3, -0.25) is 0 Å². The molecule has 0 aliphatic heterocycles. The summed E-state index contributed by atoms with van der Waals surface area (Å²) in [5.74, 6) is -3.67. The van der Waals surface area contributed by atoms with Crippen molar-refractivity contribution in [3.8, 4) is 0 Å². The molecular weight excluding hydrogens is 297 g/mol. The molecule has 1 unspecified atom stereocenters. The molecule has 0 amide bonds. The van der Waals surface area contributed by atoms with Gasteiger partial charge in [-0.05, 0) is 12.8 Å². The van der Waals surface area contributed by atoms with Gasteiger partial charge in [0.15, 0.2) is 0 Å². The Bertz CT molecular complexity index is 188.